The predicted octanol–water partition coefficient (Wildman–Crippen LogP) is 3.56. The SMILES string of the molecule is COc1ccc(C(=O)/N=c2\scc(C(=O)Nc3ccc(Cl)cc3)n2CCCN)c(OC)c1. The predicted molar refractivity (Wildman–Crippen MR) is 125 cm³/mol. The fraction of sp³-hybridized carbons (Fsp3) is 0.227. The molecule has 0 bridgehead atoms. The molecule has 3 N–H and O–H groups in total. The molecule has 10 heteroatoms. The lowest BCUT2D eigenvalue weighted by atomic mass is 10.2. The van der Waals surface area contributed by atoms with Gasteiger partial charge in [0.1, 0.15) is 17.2 Å². The summed E-state index contributed by atoms with van der Waals surface area (Å²) in [6, 6.07) is 11.7. The highest BCUT2D eigenvalue weighted by atomic mass is 35.5. The molecule has 1 aromatic heterocycles. The third-order valence-corrected chi connectivity index (χ3v) is 5.67. The van der Waals surface area contributed by atoms with Crippen LogP contribution in [0.4, 0.5) is 5.69 Å². The third kappa shape index (κ3) is 5.56. The Labute approximate surface area is 194 Å². The molecule has 0 saturated heterocycles. The highest BCUT2D eigenvalue weighted by Gasteiger charge is 2.17. The number of nitrogens with one attached hydrogen (secondary N) is 1. The smallest absolute Gasteiger partial charge is 0.283 e. The van der Waals surface area contributed by atoms with Crippen LogP contribution in [0.25, 0.3) is 0 Å². The number of carbonyl (C=O) groups excluding carboxylic acids is 2. The van der Waals surface area contributed by atoms with Gasteiger partial charge in [-0.2, -0.15) is 4.99 Å². The lowest BCUT2D eigenvalue weighted by Crippen LogP contribution is -2.25. The van der Waals surface area contributed by atoms with E-state index in [-0.39, 0.29) is 5.91 Å². The Morgan fingerprint density at radius 2 is 1.91 bits per heavy atom. The first-order valence-electron chi connectivity index (χ1n) is 9.73. The number of rotatable bonds is 8. The second kappa shape index (κ2) is 10.9. The summed E-state index contributed by atoms with van der Waals surface area (Å²) in [4.78, 5) is 30.4. The van der Waals surface area contributed by atoms with E-state index in [0.29, 0.717) is 57.8 Å². The number of methoxy groups -OCH3 is 2. The van der Waals surface area contributed by atoms with E-state index in [0.717, 1.165) is 0 Å². The molecule has 0 spiro atoms. The van der Waals surface area contributed by atoms with Gasteiger partial charge < -0.3 is 25.1 Å². The molecule has 0 aliphatic rings. The number of hydrogen-bond donors (Lipinski definition) is 2. The number of amides is 2. The number of carbonyl (C=O) groups is 2. The zero-order chi connectivity index (χ0) is 23.1. The van der Waals surface area contributed by atoms with E-state index in [4.69, 9.17) is 26.8 Å². The average Bonchev–Trinajstić information content (AvgIpc) is 3.20. The second-order valence-corrected chi connectivity index (χ2v) is 7.91. The summed E-state index contributed by atoms with van der Waals surface area (Å²) in [6.45, 7) is 0.871. The van der Waals surface area contributed by atoms with E-state index in [9.17, 15) is 9.59 Å². The van der Waals surface area contributed by atoms with Crippen LogP contribution < -0.4 is 25.3 Å². The van der Waals surface area contributed by atoms with Crippen LogP contribution in [0.2, 0.25) is 5.02 Å². The molecule has 1 heterocycles. The van der Waals surface area contributed by atoms with Crippen molar-refractivity contribution in [2.45, 2.75) is 13.0 Å². The number of benzene rings is 2. The lowest BCUT2D eigenvalue weighted by molar-refractivity contribution is 0.0987. The van der Waals surface area contributed by atoms with Gasteiger partial charge in [0.25, 0.3) is 11.8 Å². The largest absolute Gasteiger partial charge is 0.497 e. The molecular formula is C22H23ClN4O4S. The molecule has 0 atom stereocenters. The summed E-state index contributed by atoms with van der Waals surface area (Å²) in [6.07, 6.45) is 0.616. The molecule has 0 radical (unpaired) electrons. The molecule has 2 amide bonds. The van der Waals surface area contributed by atoms with E-state index in [1.807, 2.05) is 0 Å². The van der Waals surface area contributed by atoms with Crippen LogP contribution in [0, 0.1) is 0 Å². The Balaban J connectivity index is 1.95. The van der Waals surface area contributed by atoms with Gasteiger partial charge in [0.2, 0.25) is 0 Å². The standard InChI is InChI=1S/C22H23ClN4O4S/c1-30-16-8-9-17(19(12-16)31-2)20(28)26-22-27(11-3-10-24)18(13-32-22)21(29)25-15-6-4-14(23)5-7-15/h4-9,12-13H,3,10-11,24H2,1-2H3,(H,25,29)/b26-22-. The third-order valence-electron chi connectivity index (χ3n) is 4.55. The van der Waals surface area contributed by atoms with Crippen LogP contribution in [0.5, 0.6) is 11.5 Å². The lowest BCUT2D eigenvalue weighted by Gasteiger charge is -2.10. The minimum absolute atomic E-state index is 0.291. The summed E-state index contributed by atoms with van der Waals surface area (Å²) in [5, 5.41) is 5.07. The number of nitrogens with zero attached hydrogens (tertiary/aromatic N) is 2. The van der Waals surface area contributed by atoms with E-state index < -0.39 is 5.91 Å². The van der Waals surface area contributed by atoms with Crippen LogP contribution in [0.15, 0.2) is 52.8 Å². The topological polar surface area (TPSA) is 108 Å². The maximum absolute atomic E-state index is 12.9. The Kier molecular flexibility index (Phi) is 8.04. The highest BCUT2D eigenvalue weighted by molar-refractivity contribution is 7.07. The monoisotopic (exact) mass is 474 g/mol. The van der Waals surface area contributed by atoms with Crippen LogP contribution in [-0.4, -0.2) is 37.1 Å². The average molecular weight is 475 g/mol. The van der Waals surface area contributed by atoms with Crippen LogP contribution in [-0.2, 0) is 6.54 Å². The zero-order valence-corrected chi connectivity index (χ0v) is 19.2. The van der Waals surface area contributed by atoms with Crippen molar-refractivity contribution >= 4 is 40.4 Å². The van der Waals surface area contributed by atoms with Gasteiger partial charge in [-0.15, -0.1) is 11.3 Å². The van der Waals surface area contributed by atoms with E-state index in [2.05, 4.69) is 10.3 Å². The number of thiazole rings is 1. The zero-order valence-electron chi connectivity index (χ0n) is 17.6. The van der Waals surface area contributed by atoms with E-state index >= 15 is 0 Å². The summed E-state index contributed by atoms with van der Waals surface area (Å²) < 4.78 is 12.2. The van der Waals surface area contributed by atoms with Gasteiger partial charge in [0.05, 0.1) is 19.8 Å². The number of anilines is 1. The van der Waals surface area contributed by atoms with Gasteiger partial charge in [-0.3, -0.25) is 9.59 Å². The van der Waals surface area contributed by atoms with Gasteiger partial charge in [-0.05, 0) is 49.4 Å². The van der Waals surface area contributed by atoms with E-state index in [1.54, 1.807) is 52.4 Å². The molecule has 0 unspecified atom stereocenters. The van der Waals surface area contributed by atoms with Crippen molar-refractivity contribution in [2.75, 3.05) is 26.1 Å². The minimum Gasteiger partial charge on any atom is -0.497 e. The molecule has 3 rings (SSSR count). The number of aromatic nitrogens is 1. The Bertz CT molecular complexity index is 1170. The van der Waals surface area contributed by atoms with Gasteiger partial charge >= 0.3 is 0 Å². The molecule has 0 fully saturated rings. The quantitative estimate of drug-likeness (QED) is 0.519. The Hall–Kier alpha value is -3.14. The number of halogens is 1. The molecule has 8 nitrogen and oxygen atoms in total. The molecule has 0 aliphatic heterocycles. The van der Waals surface area contributed by atoms with Crippen molar-refractivity contribution in [3.8, 4) is 11.5 Å². The molecule has 32 heavy (non-hydrogen) atoms. The maximum atomic E-state index is 12.9. The Morgan fingerprint density at radius 3 is 2.56 bits per heavy atom. The van der Waals surface area contributed by atoms with Crippen LogP contribution in [0.1, 0.15) is 27.3 Å². The number of hydrogen-bond acceptors (Lipinski definition) is 6. The van der Waals surface area contributed by atoms with E-state index in [1.165, 1.54) is 25.6 Å². The second-order valence-electron chi connectivity index (χ2n) is 6.64. The fourth-order valence-corrected chi connectivity index (χ4v) is 3.95. The van der Waals surface area contributed by atoms with Crippen LogP contribution in [0.3, 0.4) is 0 Å². The molecule has 0 aliphatic carbocycles. The normalized spacial score (nSPS) is 11.3. The first-order chi connectivity index (χ1) is 15.5. The summed E-state index contributed by atoms with van der Waals surface area (Å²) in [7, 11) is 3.00. The maximum Gasteiger partial charge on any atom is 0.283 e. The fourth-order valence-electron chi connectivity index (χ4n) is 2.92. The van der Waals surface area contributed by atoms with Crippen molar-refractivity contribution in [3.63, 3.8) is 0 Å². The number of ether oxygens (including phenoxy) is 2. The number of nitrogens with two attached hydrogens (primary N) is 1. The van der Waals surface area contributed by atoms with Gasteiger partial charge in [-0.25, -0.2) is 0 Å². The minimum atomic E-state index is -0.488. The van der Waals surface area contributed by atoms with Crippen LogP contribution >= 0.6 is 22.9 Å². The Morgan fingerprint density at radius 1 is 1.16 bits per heavy atom. The summed E-state index contributed by atoms with van der Waals surface area (Å²) in [5.41, 5.74) is 6.94. The highest BCUT2D eigenvalue weighted by Crippen LogP contribution is 2.25. The molecule has 2 aromatic carbocycles. The first-order valence-corrected chi connectivity index (χ1v) is 11.0. The van der Waals surface area contributed by atoms with Crippen molar-refractivity contribution in [1.82, 2.24) is 4.57 Å². The van der Waals surface area contributed by atoms with Gasteiger partial charge in [0.15, 0.2) is 4.80 Å². The van der Waals surface area contributed by atoms with Crippen molar-refractivity contribution in [1.29, 1.82) is 0 Å². The molecule has 0 saturated carbocycles. The molecule has 3 aromatic rings. The molecule has 168 valence electrons. The molecular weight excluding hydrogens is 452 g/mol. The first kappa shape index (κ1) is 23.5. The van der Waals surface area contributed by atoms with Gasteiger partial charge in [-0.1, -0.05) is 11.6 Å². The van der Waals surface area contributed by atoms with Crippen molar-refractivity contribution < 1.29 is 19.1 Å². The summed E-state index contributed by atoms with van der Waals surface area (Å²) >= 11 is 7.10. The summed E-state index contributed by atoms with van der Waals surface area (Å²) in [5.74, 6) is 0.103. The van der Waals surface area contributed by atoms with Crippen molar-refractivity contribution in [2.24, 2.45) is 10.7 Å². The van der Waals surface area contributed by atoms with Crippen molar-refractivity contribution in [3.05, 3.63) is 68.9 Å². The van der Waals surface area contributed by atoms with Gasteiger partial charge in [0, 0.05) is 28.7 Å².